The molecule has 1 aliphatic heterocycles. The zero-order valence-electron chi connectivity index (χ0n) is 14.1. The van der Waals surface area contributed by atoms with Gasteiger partial charge in [0.1, 0.15) is 17.5 Å². The summed E-state index contributed by atoms with van der Waals surface area (Å²) in [7, 11) is 0. The smallest absolute Gasteiger partial charge is 0.410 e. The Labute approximate surface area is 131 Å². The van der Waals surface area contributed by atoms with Crippen molar-refractivity contribution in [1.29, 1.82) is 0 Å². The minimum Gasteiger partial charge on any atom is -0.444 e. The highest BCUT2D eigenvalue weighted by molar-refractivity contribution is 5.75. The lowest BCUT2D eigenvalue weighted by atomic mass is 10.2. The summed E-state index contributed by atoms with van der Waals surface area (Å²) in [5.74, 6) is 0. The maximum Gasteiger partial charge on any atom is 0.410 e. The molecule has 0 radical (unpaired) electrons. The molecular formula is C15H26N2O5. The fourth-order valence-corrected chi connectivity index (χ4v) is 2.10. The van der Waals surface area contributed by atoms with E-state index >= 15 is 0 Å². The van der Waals surface area contributed by atoms with Crippen molar-refractivity contribution in [3.8, 4) is 0 Å². The van der Waals surface area contributed by atoms with Crippen LogP contribution < -0.4 is 5.32 Å². The third kappa shape index (κ3) is 5.91. The van der Waals surface area contributed by atoms with Crippen LogP contribution in [0.3, 0.4) is 0 Å². The number of carbonyl (C=O) groups excluding carboxylic acids is 3. The van der Waals surface area contributed by atoms with E-state index in [1.54, 1.807) is 41.5 Å². The van der Waals surface area contributed by atoms with Crippen molar-refractivity contribution in [3.05, 3.63) is 0 Å². The molecule has 1 N–H and O–H groups in total. The molecule has 0 bridgehead atoms. The minimum absolute atomic E-state index is 0.220. The average molecular weight is 314 g/mol. The summed E-state index contributed by atoms with van der Waals surface area (Å²) < 4.78 is 10.4. The lowest BCUT2D eigenvalue weighted by Gasteiger charge is -2.26. The first-order chi connectivity index (χ1) is 9.91. The maximum atomic E-state index is 12.1. The van der Waals surface area contributed by atoms with Gasteiger partial charge in [-0.1, -0.05) is 0 Å². The summed E-state index contributed by atoms with van der Waals surface area (Å²) in [5, 5.41) is 2.68. The first-order valence-corrected chi connectivity index (χ1v) is 7.36. The van der Waals surface area contributed by atoms with Gasteiger partial charge in [-0.05, 0) is 48.0 Å². The molecule has 1 fully saturated rings. The molecule has 0 spiro atoms. The Bertz CT molecular complexity index is 436. The van der Waals surface area contributed by atoms with Crippen LogP contribution in [0.1, 0.15) is 48.0 Å². The number of hydrogen-bond acceptors (Lipinski definition) is 5. The average Bonchev–Trinajstić information content (AvgIpc) is 2.66. The Morgan fingerprint density at radius 1 is 1.09 bits per heavy atom. The van der Waals surface area contributed by atoms with Gasteiger partial charge < -0.3 is 19.6 Å². The quantitative estimate of drug-likeness (QED) is 0.789. The molecule has 2 atom stereocenters. The SMILES string of the molecule is CC(C)(C)OC(=O)NC1CC(C=O)N(C(=O)OC(C)(C)C)C1. The van der Waals surface area contributed by atoms with E-state index in [0.29, 0.717) is 12.7 Å². The normalized spacial score (nSPS) is 22.2. The second kappa shape index (κ2) is 6.54. The van der Waals surface area contributed by atoms with E-state index in [0.717, 1.165) is 0 Å². The van der Waals surface area contributed by atoms with Crippen LogP contribution in [-0.4, -0.2) is 53.2 Å². The lowest BCUT2D eigenvalue weighted by molar-refractivity contribution is -0.111. The van der Waals surface area contributed by atoms with Gasteiger partial charge in [0.05, 0.1) is 12.1 Å². The predicted octanol–water partition coefficient (Wildman–Crippen LogP) is 2.09. The number of ether oxygens (including phenoxy) is 2. The summed E-state index contributed by atoms with van der Waals surface area (Å²) in [4.78, 5) is 36.3. The summed E-state index contributed by atoms with van der Waals surface area (Å²) in [6.45, 7) is 10.8. The Morgan fingerprint density at radius 2 is 1.64 bits per heavy atom. The molecule has 1 saturated heterocycles. The largest absolute Gasteiger partial charge is 0.444 e. The monoisotopic (exact) mass is 314 g/mol. The lowest BCUT2D eigenvalue weighted by Crippen LogP contribution is -2.43. The predicted molar refractivity (Wildman–Crippen MR) is 80.6 cm³/mol. The van der Waals surface area contributed by atoms with Crippen molar-refractivity contribution in [3.63, 3.8) is 0 Å². The molecule has 1 rings (SSSR count). The molecule has 0 aromatic carbocycles. The number of carbonyl (C=O) groups is 3. The van der Waals surface area contributed by atoms with Crippen LogP contribution in [0.5, 0.6) is 0 Å². The Hall–Kier alpha value is -1.79. The first-order valence-electron chi connectivity index (χ1n) is 7.36. The summed E-state index contributed by atoms with van der Waals surface area (Å²) in [6.07, 6.45) is -0.0749. The van der Waals surface area contributed by atoms with Crippen molar-refractivity contribution in [2.75, 3.05) is 6.54 Å². The van der Waals surface area contributed by atoms with Gasteiger partial charge in [-0.15, -0.1) is 0 Å². The first kappa shape index (κ1) is 18.3. The Kier molecular flexibility index (Phi) is 5.43. The minimum atomic E-state index is -0.638. The number of aldehydes is 1. The number of alkyl carbamates (subject to hydrolysis) is 1. The Morgan fingerprint density at radius 3 is 2.09 bits per heavy atom. The van der Waals surface area contributed by atoms with Crippen molar-refractivity contribution in [1.82, 2.24) is 10.2 Å². The van der Waals surface area contributed by atoms with E-state index in [1.165, 1.54) is 4.90 Å². The fourth-order valence-electron chi connectivity index (χ4n) is 2.10. The van der Waals surface area contributed by atoms with Gasteiger partial charge in [-0.3, -0.25) is 4.90 Å². The van der Waals surface area contributed by atoms with Gasteiger partial charge >= 0.3 is 12.2 Å². The van der Waals surface area contributed by atoms with Crippen LogP contribution in [0.15, 0.2) is 0 Å². The molecule has 2 amide bonds. The van der Waals surface area contributed by atoms with Gasteiger partial charge in [-0.2, -0.15) is 0 Å². The number of nitrogens with zero attached hydrogens (tertiary/aromatic N) is 1. The van der Waals surface area contributed by atoms with Gasteiger partial charge in [0.15, 0.2) is 0 Å². The molecular weight excluding hydrogens is 288 g/mol. The zero-order chi connectivity index (χ0) is 17.1. The highest BCUT2D eigenvalue weighted by Crippen LogP contribution is 2.20. The van der Waals surface area contributed by atoms with Crippen LogP contribution in [-0.2, 0) is 14.3 Å². The summed E-state index contributed by atoms with van der Waals surface area (Å²) >= 11 is 0. The topological polar surface area (TPSA) is 84.9 Å². The molecule has 1 aliphatic rings. The number of rotatable bonds is 2. The van der Waals surface area contributed by atoms with Crippen molar-refractivity contribution >= 4 is 18.5 Å². The number of nitrogens with one attached hydrogen (secondary N) is 1. The van der Waals surface area contributed by atoms with E-state index in [9.17, 15) is 14.4 Å². The van der Waals surface area contributed by atoms with Gasteiger partial charge in [0, 0.05) is 6.54 Å². The van der Waals surface area contributed by atoms with Crippen LogP contribution >= 0.6 is 0 Å². The van der Waals surface area contributed by atoms with Crippen LogP contribution in [0.4, 0.5) is 9.59 Å². The van der Waals surface area contributed by atoms with Crippen molar-refractivity contribution < 1.29 is 23.9 Å². The van der Waals surface area contributed by atoms with Gasteiger partial charge in [0.25, 0.3) is 0 Å². The van der Waals surface area contributed by atoms with E-state index < -0.39 is 29.4 Å². The van der Waals surface area contributed by atoms with Crippen molar-refractivity contribution in [2.24, 2.45) is 0 Å². The highest BCUT2D eigenvalue weighted by Gasteiger charge is 2.38. The van der Waals surface area contributed by atoms with Crippen LogP contribution in [0.25, 0.3) is 0 Å². The van der Waals surface area contributed by atoms with E-state index in [4.69, 9.17) is 9.47 Å². The van der Waals surface area contributed by atoms with E-state index in [1.807, 2.05) is 0 Å². The maximum absolute atomic E-state index is 12.1. The van der Waals surface area contributed by atoms with Crippen molar-refractivity contribution in [2.45, 2.75) is 71.2 Å². The molecule has 7 nitrogen and oxygen atoms in total. The van der Waals surface area contributed by atoms with Crippen LogP contribution in [0.2, 0.25) is 0 Å². The summed E-state index contributed by atoms with van der Waals surface area (Å²) in [5.41, 5.74) is -1.24. The number of likely N-dealkylation sites (tertiary alicyclic amines) is 1. The molecule has 126 valence electrons. The molecule has 0 aliphatic carbocycles. The molecule has 22 heavy (non-hydrogen) atoms. The molecule has 0 aromatic rings. The Balaban J connectivity index is 2.63. The molecule has 7 heteroatoms. The molecule has 2 unspecified atom stereocenters. The second-order valence-corrected chi connectivity index (χ2v) is 7.41. The third-order valence-electron chi connectivity index (χ3n) is 2.85. The third-order valence-corrected chi connectivity index (χ3v) is 2.85. The van der Waals surface area contributed by atoms with Gasteiger partial charge in [-0.25, -0.2) is 9.59 Å². The number of hydrogen-bond donors (Lipinski definition) is 1. The zero-order valence-corrected chi connectivity index (χ0v) is 14.1. The van der Waals surface area contributed by atoms with E-state index in [2.05, 4.69) is 5.32 Å². The number of amides is 2. The molecule has 0 saturated carbocycles. The standard InChI is InChI=1S/C15H26N2O5/c1-14(2,3)21-12(19)16-10-7-11(9-18)17(8-10)13(20)22-15(4,5)6/h9-11H,7-8H2,1-6H3,(H,16,19). The van der Waals surface area contributed by atoms with Gasteiger partial charge in [0.2, 0.25) is 0 Å². The molecule has 1 heterocycles. The van der Waals surface area contributed by atoms with E-state index in [-0.39, 0.29) is 12.6 Å². The highest BCUT2D eigenvalue weighted by atomic mass is 16.6. The summed E-state index contributed by atoms with van der Waals surface area (Å²) in [6, 6.07) is -0.938. The molecule has 0 aromatic heterocycles. The fraction of sp³-hybridized carbons (Fsp3) is 0.800. The van der Waals surface area contributed by atoms with Crippen LogP contribution in [0, 0.1) is 0 Å². The second-order valence-electron chi connectivity index (χ2n) is 7.41.